The highest BCUT2D eigenvalue weighted by Crippen LogP contribution is 2.10. The first-order chi connectivity index (χ1) is 13.0. The van der Waals surface area contributed by atoms with Gasteiger partial charge in [-0.15, -0.1) is 0 Å². The average molecular weight is 371 g/mol. The van der Waals surface area contributed by atoms with Crippen LogP contribution in [0.1, 0.15) is 32.1 Å². The molecule has 0 saturated carbocycles. The molecule has 0 fully saturated rings. The number of hydrogen-bond acceptors (Lipinski definition) is 3. The van der Waals surface area contributed by atoms with E-state index in [1.165, 1.54) is 5.56 Å². The minimum absolute atomic E-state index is 0.0407. The Morgan fingerprint density at radius 1 is 1.11 bits per heavy atom. The van der Waals surface area contributed by atoms with Gasteiger partial charge in [-0.05, 0) is 44.9 Å². The van der Waals surface area contributed by atoms with Crippen LogP contribution in [-0.2, 0) is 17.8 Å². The minimum Gasteiger partial charge on any atom is -0.467 e. The van der Waals surface area contributed by atoms with Crippen LogP contribution >= 0.6 is 0 Å². The van der Waals surface area contributed by atoms with Crippen molar-refractivity contribution in [2.75, 3.05) is 19.6 Å². The number of rotatable bonds is 9. The van der Waals surface area contributed by atoms with Gasteiger partial charge >= 0.3 is 6.03 Å². The standard InChI is InChI=1S/C21H29N3O3/c1-4-22-21(26)24(17(2)3)16-20(25)23(15-19-11-8-14-27-19)13-12-18-9-6-5-7-10-18/h5-11,14,17H,4,12-13,15-16H2,1-3H3,(H,22,26). The lowest BCUT2D eigenvalue weighted by molar-refractivity contribution is -0.133. The Labute approximate surface area is 161 Å². The molecule has 0 radical (unpaired) electrons. The first-order valence-electron chi connectivity index (χ1n) is 9.39. The molecule has 27 heavy (non-hydrogen) atoms. The van der Waals surface area contributed by atoms with Gasteiger partial charge < -0.3 is 19.5 Å². The van der Waals surface area contributed by atoms with Crippen molar-refractivity contribution < 1.29 is 14.0 Å². The number of furan rings is 1. The monoisotopic (exact) mass is 371 g/mol. The summed E-state index contributed by atoms with van der Waals surface area (Å²) >= 11 is 0. The highest BCUT2D eigenvalue weighted by atomic mass is 16.3. The molecule has 6 nitrogen and oxygen atoms in total. The van der Waals surface area contributed by atoms with Crippen molar-refractivity contribution in [1.29, 1.82) is 0 Å². The molecular formula is C21H29N3O3. The van der Waals surface area contributed by atoms with E-state index in [1.807, 2.05) is 63.2 Å². The van der Waals surface area contributed by atoms with E-state index in [0.717, 1.165) is 12.2 Å². The van der Waals surface area contributed by atoms with E-state index in [4.69, 9.17) is 4.42 Å². The second-order valence-electron chi connectivity index (χ2n) is 6.69. The molecule has 0 saturated heterocycles. The molecular weight excluding hydrogens is 342 g/mol. The second-order valence-corrected chi connectivity index (χ2v) is 6.69. The quantitative estimate of drug-likeness (QED) is 0.736. The topological polar surface area (TPSA) is 65.8 Å². The van der Waals surface area contributed by atoms with Crippen LogP contribution < -0.4 is 5.32 Å². The number of amides is 3. The van der Waals surface area contributed by atoms with E-state index in [2.05, 4.69) is 5.32 Å². The first kappa shape index (κ1) is 20.6. The van der Waals surface area contributed by atoms with Crippen LogP contribution in [0.15, 0.2) is 53.1 Å². The third-order valence-corrected chi connectivity index (χ3v) is 4.31. The third kappa shape index (κ3) is 6.47. The lowest BCUT2D eigenvalue weighted by Crippen LogP contribution is -2.49. The second kappa shape index (κ2) is 10.4. The Bertz CT molecular complexity index is 699. The highest BCUT2D eigenvalue weighted by Gasteiger charge is 2.23. The van der Waals surface area contributed by atoms with Gasteiger partial charge in [0, 0.05) is 19.1 Å². The van der Waals surface area contributed by atoms with Gasteiger partial charge in [-0.1, -0.05) is 30.3 Å². The molecule has 0 aliphatic heterocycles. The summed E-state index contributed by atoms with van der Waals surface area (Å²) in [5, 5.41) is 2.77. The van der Waals surface area contributed by atoms with Gasteiger partial charge in [0.1, 0.15) is 12.3 Å². The van der Waals surface area contributed by atoms with Crippen molar-refractivity contribution in [2.45, 2.75) is 39.8 Å². The molecule has 0 aliphatic carbocycles. The molecule has 146 valence electrons. The summed E-state index contributed by atoms with van der Waals surface area (Å²) in [5.74, 6) is 0.632. The molecule has 1 aromatic carbocycles. The maximum absolute atomic E-state index is 13.0. The van der Waals surface area contributed by atoms with Crippen molar-refractivity contribution in [3.8, 4) is 0 Å². The SMILES string of the molecule is CCNC(=O)N(CC(=O)N(CCc1ccccc1)Cc1ccco1)C(C)C. The molecule has 1 aromatic heterocycles. The Kier molecular flexibility index (Phi) is 7.92. The highest BCUT2D eigenvalue weighted by molar-refractivity contribution is 5.84. The van der Waals surface area contributed by atoms with Crippen LogP contribution in [0, 0.1) is 0 Å². The summed E-state index contributed by atoms with van der Waals surface area (Å²) in [6, 6.07) is 13.4. The Balaban J connectivity index is 2.07. The largest absolute Gasteiger partial charge is 0.467 e. The number of urea groups is 1. The van der Waals surface area contributed by atoms with Gasteiger partial charge in [0.25, 0.3) is 0 Å². The molecule has 1 N–H and O–H groups in total. The number of benzene rings is 1. The van der Waals surface area contributed by atoms with Crippen LogP contribution in [0.5, 0.6) is 0 Å². The van der Waals surface area contributed by atoms with Crippen LogP contribution in [-0.4, -0.2) is 47.4 Å². The predicted octanol–water partition coefficient (Wildman–Crippen LogP) is 3.29. The molecule has 1 heterocycles. The van der Waals surface area contributed by atoms with Gasteiger partial charge in [0.05, 0.1) is 12.8 Å². The predicted molar refractivity (Wildman–Crippen MR) is 105 cm³/mol. The minimum atomic E-state index is -0.221. The molecule has 2 rings (SSSR count). The van der Waals surface area contributed by atoms with E-state index < -0.39 is 0 Å². The van der Waals surface area contributed by atoms with Gasteiger partial charge in [0.2, 0.25) is 5.91 Å². The van der Waals surface area contributed by atoms with Crippen LogP contribution in [0.4, 0.5) is 4.79 Å². The zero-order valence-corrected chi connectivity index (χ0v) is 16.4. The van der Waals surface area contributed by atoms with Crippen molar-refractivity contribution in [3.05, 3.63) is 60.1 Å². The zero-order chi connectivity index (χ0) is 19.6. The number of hydrogen-bond donors (Lipinski definition) is 1. The van der Waals surface area contributed by atoms with E-state index in [-0.39, 0.29) is 24.5 Å². The van der Waals surface area contributed by atoms with Crippen molar-refractivity contribution in [2.24, 2.45) is 0 Å². The number of nitrogens with zero attached hydrogens (tertiary/aromatic N) is 2. The molecule has 3 amide bonds. The fraction of sp³-hybridized carbons (Fsp3) is 0.429. The van der Waals surface area contributed by atoms with Crippen molar-refractivity contribution in [1.82, 2.24) is 15.1 Å². The summed E-state index contributed by atoms with van der Waals surface area (Å²) in [5.41, 5.74) is 1.17. The van der Waals surface area contributed by atoms with E-state index in [1.54, 1.807) is 16.1 Å². The molecule has 2 aromatic rings. The Morgan fingerprint density at radius 2 is 1.85 bits per heavy atom. The van der Waals surface area contributed by atoms with E-state index in [0.29, 0.717) is 19.6 Å². The Morgan fingerprint density at radius 3 is 2.44 bits per heavy atom. The van der Waals surface area contributed by atoms with Gasteiger partial charge in [-0.3, -0.25) is 4.79 Å². The van der Waals surface area contributed by atoms with Crippen LogP contribution in [0.25, 0.3) is 0 Å². The molecule has 6 heteroatoms. The smallest absolute Gasteiger partial charge is 0.318 e. The Hall–Kier alpha value is -2.76. The van der Waals surface area contributed by atoms with Crippen molar-refractivity contribution in [3.63, 3.8) is 0 Å². The van der Waals surface area contributed by atoms with Gasteiger partial charge in [-0.25, -0.2) is 4.79 Å². The third-order valence-electron chi connectivity index (χ3n) is 4.31. The average Bonchev–Trinajstić information content (AvgIpc) is 3.16. The fourth-order valence-electron chi connectivity index (χ4n) is 2.78. The maximum Gasteiger partial charge on any atom is 0.318 e. The number of carbonyl (C=O) groups is 2. The van der Waals surface area contributed by atoms with Crippen molar-refractivity contribution >= 4 is 11.9 Å². The van der Waals surface area contributed by atoms with Gasteiger partial charge in [-0.2, -0.15) is 0 Å². The summed E-state index contributed by atoms with van der Waals surface area (Å²) in [6.45, 7) is 7.19. The first-order valence-corrected chi connectivity index (χ1v) is 9.39. The van der Waals surface area contributed by atoms with Gasteiger partial charge in [0.15, 0.2) is 0 Å². The zero-order valence-electron chi connectivity index (χ0n) is 16.4. The summed E-state index contributed by atoms with van der Waals surface area (Å²) in [7, 11) is 0. The summed E-state index contributed by atoms with van der Waals surface area (Å²) in [4.78, 5) is 28.6. The van der Waals surface area contributed by atoms with E-state index in [9.17, 15) is 9.59 Å². The molecule has 0 spiro atoms. The summed E-state index contributed by atoms with van der Waals surface area (Å²) in [6.07, 6.45) is 2.35. The van der Waals surface area contributed by atoms with E-state index >= 15 is 0 Å². The normalized spacial score (nSPS) is 10.7. The molecule has 0 atom stereocenters. The molecule has 0 unspecified atom stereocenters. The molecule has 0 bridgehead atoms. The summed E-state index contributed by atoms with van der Waals surface area (Å²) < 4.78 is 5.42. The lowest BCUT2D eigenvalue weighted by Gasteiger charge is -2.29. The lowest BCUT2D eigenvalue weighted by atomic mass is 10.1. The maximum atomic E-state index is 13.0. The van der Waals surface area contributed by atoms with Crippen LogP contribution in [0.3, 0.4) is 0 Å². The fourth-order valence-corrected chi connectivity index (χ4v) is 2.78. The number of nitrogens with one attached hydrogen (secondary N) is 1. The molecule has 0 aliphatic rings. The van der Waals surface area contributed by atoms with Crippen LogP contribution in [0.2, 0.25) is 0 Å². The number of carbonyl (C=O) groups excluding carboxylic acids is 2.